The van der Waals surface area contributed by atoms with E-state index in [1.165, 1.54) is 0 Å². The van der Waals surface area contributed by atoms with Crippen molar-refractivity contribution in [1.29, 1.82) is 0 Å². The van der Waals surface area contributed by atoms with E-state index in [1.54, 1.807) is 0 Å². The highest BCUT2D eigenvalue weighted by atomic mass is 16.4. The molecule has 4 bridgehead atoms. The van der Waals surface area contributed by atoms with E-state index in [9.17, 15) is 29.7 Å². The van der Waals surface area contributed by atoms with Gasteiger partial charge in [0.15, 0.2) is 0 Å². The lowest BCUT2D eigenvalue weighted by atomic mass is 9.34. The normalized spacial score (nSPS) is 45.7. The summed E-state index contributed by atoms with van der Waals surface area (Å²) in [6, 6.07) is 0. The van der Waals surface area contributed by atoms with Crippen LogP contribution in [-0.2, 0) is 14.4 Å². The van der Waals surface area contributed by atoms with E-state index in [4.69, 9.17) is 0 Å². The molecule has 3 N–H and O–H groups in total. The van der Waals surface area contributed by atoms with Crippen molar-refractivity contribution in [1.82, 2.24) is 0 Å². The number of aliphatic carboxylic acids is 3. The first-order chi connectivity index (χ1) is 10.1. The van der Waals surface area contributed by atoms with Crippen molar-refractivity contribution in [2.75, 3.05) is 0 Å². The van der Waals surface area contributed by atoms with E-state index in [0.717, 1.165) is 0 Å². The summed E-state index contributed by atoms with van der Waals surface area (Å²) in [5.41, 5.74) is -3.18. The van der Waals surface area contributed by atoms with Gasteiger partial charge < -0.3 is 15.3 Å². The zero-order chi connectivity index (χ0) is 16.4. The number of hydrogen-bond acceptors (Lipinski definition) is 3. The van der Waals surface area contributed by atoms with E-state index in [2.05, 4.69) is 0 Å². The van der Waals surface area contributed by atoms with Crippen molar-refractivity contribution in [2.45, 2.75) is 58.3 Å². The molecule has 0 aromatic carbocycles. The standard InChI is InChI=1S/C16H22O6/c1-2-13-4-14(3-10(17)18)7-15(5-13,11(19)20)9-16(6-13,8-14)12(21)22/h2-9H2,1H3,(H,17,18)(H,19,20)(H,21,22). The lowest BCUT2D eigenvalue weighted by Crippen LogP contribution is -2.65. The predicted molar refractivity (Wildman–Crippen MR) is 75.2 cm³/mol. The Labute approximate surface area is 128 Å². The van der Waals surface area contributed by atoms with Crippen molar-refractivity contribution in [3.8, 4) is 0 Å². The number of carbonyl (C=O) groups is 3. The van der Waals surface area contributed by atoms with Crippen molar-refractivity contribution in [3.63, 3.8) is 0 Å². The van der Waals surface area contributed by atoms with Crippen molar-refractivity contribution in [3.05, 3.63) is 0 Å². The average molecular weight is 310 g/mol. The first-order valence-electron chi connectivity index (χ1n) is 7.79. The van der Waals surface area contributed by atoms with Gasteiger partial charge in [-0.3, -0.25) is 14.4 Å². The molecule has 6 heteroatoms. The first-order valence-corrected chi connectivity index (χ1v) is 7.79. The summed E-state index contributed by atoms with van der Waals surface area (Å²) < 4.78 is 0. The topological polar surface area (TPSA) is 112 Å². The molecule has 0 saturated heterocycles. The van der Waals surface area contributed by atoms with E-state index in [0.29, 0.717) is 38.5 Å². The largest absolute Gasteiger partial charge is 0.481 e. The fraction of sp³-hybridized carbons (Fsp3) is 0.812. The van der Waals surface area contributed by atoms with Gasteiger partial charge in [0.25, 0.3) is 0 Å². The molecule has 22 heavy (non-hydrogen) atoms. The monoisotopic (exact) mass is 310 g/mol. The lowest BCUT2D eigenvalue weighted by Gasteiger charge is -2.68. The van der Waals surface area contributed by atoms with Crippen LogP contribution in [0.5, 0.6) is 0 Å². The van der Waals surface area contributed by atoms with Crippen LogP contribution in [0, 0.1) is 21.7 Å². The van der Waals surface area contributed by atoms with Crippen LogP contribution in [0.4, 0.5) is 0 Å². The molecule has 0 spiro atoms. The zero-order valence-corrected chi connectivity index (χ0v) is 12.7. The molecule has 4 aliphatic rings. The van der Waals surface area contributed by atoms with Gasteiger partial charge in [-0.05, 0) is 49.4 Å². The molecule has 0 aliphatic heterocycles. The van der Waals surface area contributed by atoms with Gasteiger partial charge in [0.05, 0.1) is 17.3 Å². The smallest absolute Gasteiger partial charge is 0.309 e. The predicted octanol–water partition coefficient (Wildman–Crippen LogP) is 2.37. The lowest BCUT2D eigenvalue weighted by molar-refractivity contribution is -0.225. The van der Waals surface area contributed by atoms with Crippen molar-refractivity contribution >= 4 is 17.9 Å². The summed E-state index contributed by atoms with van der Waals surface area (Å²) in [5.74, 6) is -2.87. The molecule has 0 amide bonds. The third-order valence-corrected chi connectivity index (χ3v) is 6.46. The fourth-order valence-corrected chi connectivity index (χ4v) is 6.40. The Morgan fingerprint density at radius 2 is 1.23 bits per heavy atom. The molecule has 0 aromatic rings. The van der Waals surface area contributed by atoms with Gasteiger partial charge in [-0.2, -0.15) is 0 Å². The summed E-state index contributed by atoms with van der Waals surface area (Å²) in [6.07, 6.45) is 2.96. The Hall–Kier alpha value is -1.59. The van der Waals surface area contributed by atoms with E-state index >= 15 is 0 Å². The molecule has 0 heterocycles. The molecule has 2 atom stereocenters. The zero-order valence-electron chi connectivity index (χ0n) is 12.7. The Morgan fingerprint density at radius 1 is 0.773 bits per heavy atom. The maximum absolute atomic E-state index is 12.0. The highest BCUT2D eigenvalue weighted by Crippen LogP contribution is 2.75. The third-order valence-electron chi connectivity index (χ3n) is 6.46. The maximum atomic E-state index is 12.0. The summed E-state index contributed by atoms with van der Waals surface area (Å²) in [6.45, 7) is 1.96. The van der Waals surface area contributed by atoms with Gasteiger partial charge in [0.2, 0.25) is 0 Å². The Kier molecular flexibility index (Phi) is 2.95. The fourth-order valence-electron chi connectivity index (χ4n) is 6.40. The minimum atomic E-state index is -1.07. The second-order valence-corrected chi connectivity index (χ2v) is 8.16. The molecular formula is C16H22O6. The quantitative estimate of drug-likeness (QED) is 0.718. The van der Waals surface area contributed by atoms with Crippen LogP contribution in [0.25, 0.3) is 0 Å². The summed E-state index contributed by atoms with van der Waals surface area (Å²) >= 11 is 0. The summed E-state index contributed by atoms with van der Waals surface area (Å²) in [4.78, 5) is 35.3. The molecule has 0 aromatic heterocycles. The molecule has 6 nitrogen and oxygen atoms in total. The second-order valence-electron chi connectivity index (χ2n) is 8.16. The SMILES string of the molecule is CCC12CC3(CC(=O)O)CC(C(=O)O)(C1)CC(C(=O)O)(C2)C3. The minimum Gasteiger partial charge on any atom is -0.481 e. The van der Waals surface area contributed by atoms with Gasteiger partial charge >= 0.3 is 17.9 Å². The number of hydrogen-bond donors (Lipinski definition) is 3. The van der Waals surface area contributed by atoms with Crippen LogP contribution in [0.2, 0.25) is 0 Å². The van der Waals surface area contributed by atoms with E-state index < -0.39 is 34.2 Å². The van der Waals surface area contributed by atoms with Crippen molar-refractivity contribution in [2.24, 2.45) is 21.7 Å². The Balaban J connectivity index is 2.15. The van der Waals surface area contributed by atoms with Crippen LogP contribution in [0.1, 0.15) is 58.3 Å². The molecule has 4 saturated carbocycles. The van der Waals surface area contributed by atoms with Gasteiger partial charge in [-0.15, -0.1) is 0 Å². The van der Waals surface area contributed by atoms with Gasteiger partial charge in [0.1, 0.15) is 0 Å². The van der Waals surface area contributed by atoms with E-state index in [-0.39, 0.29) is 18.3 Å². The highest BCUT2D eigenvalue weighted by molar-refractivity contribution is 5.82. The molecule has 4 aliphatic carbocycles. The molecule has 0 radical (unpaired) electrons. The first kappa shape index (κ1) is 15.3. The van der Waals surface area contributed by atoms with Crippen LogP contribution in [0.15, 0.2) is 0 Å². The van der Waals surface area contributed by atoms with E-state index in [1.807, 2.05) is 6.92 Å². The van der Waals surface area contributed by atoms with Crippen LogP contribution >= 0.6 is 0 Å². The molecule has 2 unspecified atom stereocenters. The third kappa shape index (κ3) is 1.88. The molecule has 4 fully saturated rings. The molecule has 122 valence electrons. The number of carboxylic acids is 3. The maximum Gasteiger partial charge on any atom is 0.309 e. The molecular weight excluding hydrogens is 288 g/mol. The van der Waals surface area contributed by atoms with Crippen LogP contribution in [0.3, 0.4) is 0 Å². The van der Waals surface area contributed by atoms with Crippen LogP contribution < -0.4 is 0 Å². The van der Waals surface area contributed by atoms with Gasteiger partial charge in [0, 0.05) is 0 Å². The molecule has 4 rings (SSSR count). The average Bonchev–Trinajstić information content (AvgIpc) is 2.35. The summed E-state index contributed by atoms with van der Waals surface area (Å²) in [5, 5.41) is 28.9. The number of rotatable bonds is 5. The van der Waals surface area contributed by atoms with Gasteiger partial charge in [-0.1, -0.05) is 13.3 Å². The second kappa shape index (κ2) is 4.24. The Morgan fingerprint density at radius 3 is 1.59 bits per heavy atom. The minimum absolute atomic E-state index is 0.126. The van der Waals surface area contributed by atoms with Crippen molar-refractivity contribution < 1.29 is 29.7 Å². The number of carboxylic acid groups (broad SMARTS) is 3. The highest BCUT2D eigenvalue weighted by Gasteiger charge is 2.72. The Bertz CT molecular complexity index is 535. The summed E-state index contributed by atoms with van der Waals surface area (Å²) in [7, 11) is 0. The van der Waals surface area contributed by atoms with Gasteiger partial charge in [-0.25, -0.2) is 0 Å². The van der Waals surface area contributed by atoms with Crippen LogP contribution in [-0.4, -0.2) is 33.2 Å².